The Hall–Kier alpha value is -1.61. The molecule has 1 heterocycles. The highest BCUT2D eigenvalue weighted by atomic mass is 32.1. The zero-order valence-corrected chi connectivity index (χ0v) is 10.5. The first-order valence-electron chi connectivity index (χ1n) is 5.59. The third kappa shape index (κ3) is 2.94. The van der Waals surface area contributed by atoms with E-state index in [1.54, 1.807) is 18.3 Å². The minimum absolute atomic E-state index is 0.271. The summed E-state index contributed by atoms with van der Waals surface area (Å²) >= 11 is 1.73. The van der Waals surface area contributed by atoms with Gasteiger partial charge in [-0.2, -0.15) is 0 Å². The van der Waals surface area contributed by atoms with E-state index >= 15 is 0 Å². The number of hydrogen-bond donors (Lipinski definition) is 0. The summed E-state index contributed by atoms with van der Waals surface area (Å²) < 4.78 is 6.11. The monoisotopic (exact) mass is 246 g/mol. The molecule has 2 aromatic rings. The van der Waals surface area contributed by atoms with E-state index in [2.05, 4.69) is 17.5 Å². The lowest BCUT2D eigenvalue weighted by molar-refractivity contribution is -0.137. The van der Waals surface area contributed by atoms with E-state index in [-0.39, 0.29) is 5.97 Å². The molecule has 0 saturated carbocycles. The maximum atomic E-state index is 11.1. The summed E-state index contributed by atoms with van der Waals surface area (Å²) in [7, 11) is 0. The van der Waals surface area contributed by atoms with Crippen LogP contribution in [-0.2, 0) is 16.0 Å². The quantitative estimate of drug-likeness (QED) is 0.609. The van der Waals surface area contributed by atoms with Crippen LogP contribution in [0, 0.1) is 0 Å². The van der Waals surface area contributed by atoms with Crippen LogP contribution in [0.5, 0.6) is 0 Å². The van der Waals surface area contributed by atoms with Gasteiger partial charge in [-0.15, -0.1) is 11.3 Å². The van der Waals surface area contributed by atoms with Gasteiger partial charge in [0.1, 0.15) is 0 Å². The van der Waals surface area contributed by atoms with Crippen molar-refractivity contribution in [2.75, 3.05) is 6.61 Å². The zero-order chi connectivity index (χ0) is 12.1. The number of carbonyl (C=O) groups is 1. The van der Waals surface area contributed by atoms with Gasteiger partial charge in [0.25, 0.3) is 0 Å². The molecule has 2 nitrogen and oxygen atoms in total. The van der Waals surface area contributed by atoms with E-state index in [1.165, 1.54) is 21.7 Å². The summed E-state index contributed by atoms with van der Waals surface area (Å²) in [6.45, 7) is 2.22. The molecule has 0 N–H and O–H groups in total. The van der Waals surface area contributed by atoms with Crippen molar-refractivity contribution in [2.45, 2.75) is 13.3 Å². The standard InChI is InChI=1S/C14H14O2S/c1-2-16-14(15)9-5-6-11-10-17-13-8-4-3-7-12(11)13/h3-5,7-10H,2,6H2,1H3/b9-5+. The average Bonchev–Trinajstić information content (AvgIpc) is 2.73. The van der Waals surface area contributed by atoms with Crippen LogP contribution in [0.25, 0.3) is 10.1 Å². The Morgan fingerprint density at radius 2 is 2.24 bits per heavy atom. The number of benzene rings is 1. The topological polar surface area (TPSA) is 26.3 Å². The molecule has 0 spiro atoms. The normalized spacial score (nSPS) is 11.1. The lowest BCUT2D eigenvalue weighted by atomic mass is 10.1. The van der Waals surface area contributed by atoms with Gasteiger partial charge < -0.3 is 4.74 Å². The van der Waals surface area contributed by atoms with Gasteiger partial charge in [-0.3, -0.25) is 0 Å². The Bertz CT molecular complexity index is 540. The molecule has 0 aliphatic carbocycles. The van der Waals surface area contributed by atoms with Crippen molar-refractivity contribution in [1.29, 1.82) is 0 Å². The number of allylic oxidation sites excluding steroid dienone is 1. The fraction of sp³-hybridized carbons (Fsp3) is 0.214. The molecule has 0 atom stereocenters. The van der Waals surface area contributed by atoms with E-state index < -0.39 is 0 Å². The summed E-state index contributed by atoms with van der Waals surface area (Å²) in [5.41, 5.74) is 1.26. The molecule has 0 saturated heterocycles. The molecule has 3 heteroatoms. The molecule has 1 aromatic heterocycles. The van der Waals surface area contributed by atoms with Crippen molar-refractivity contribution in [1.82, 2.24) is 0 Å². The van der Waals surface area contributed by atoms with Gasteiger partial charge in [0.05, 0.1) is 6.61 Å². The molecule has 2 rings (SSSR count). The van der Waals surface area contributed by atoms with Crippen molar-refractivity contribution in [2.24, 2.45) is 0 Å². The first-order chi connectivity index (χ1) is 8.31. The van der Waals surface area contributed by atoms with Crippen LogP contribution in [0.15, 0.2) is 41.8 Å². The van der Waals surface area contributed by atoms with Gasteiger partial charge in [-0.1, -0.05) is 24.3 Å². The molecule has 0 aliphatic heterocycles. The van der Waals surface area contributed by atoms with Crippen LogP contribution < -0.4 is 0 Å². The van der Waals surface area contributed by atoms with Gasteiger partial charge in [-0.25, -0.2) is 4.79 Å². The van der Waals surface area contributed by atoms with E-state index in [4.69, 9.17) is 4.74 Å². The van der Waals surface area contributed by atoms with Gasteiger partial charge in [0.15, 0.2) is 0 Å². The highest BCUT2D eigenvalue weighted by Crippen LogP contribution is 2.25. The van der Waals surface area contributed by atoms with Crippen molar-refractivity contribution < 1.29 is 9.53 Å². The third-order valence-electron chi connectivity index (χ3n) is 2.44. The molecular weight excluding hydrogens is 232 g/mol. The van der Waals surface area contributed by atoms with E-state index in [0.29, 0.717) is 6.61 Å². The zero-order valence-electron chi connectivity index (χ0n) is 9.68. The van der Waals surface area contributed by atoms with Crippen LogP contribution in [0.2, 0.25) is 0 Å². The molecule has 0 aliphatic rings. The Labute approximate surface area is 105 Å². The lowest BCUT2D eigenvalue weighted by Gasteiger charge is -1.95. The number of carbonyl (C=O) groups excluding carboxylic acids is 1. The SMILES string of the molecule is CCOC(=O)/C=C/Cc1csc2ccccc12. The lowest BCUT2D eigenvalue weighted by Crippen LogP contribution is -1.98. The van der Waals surface area contributed by atoms with Gasteiger partial charge >= 0.3 is 5.97 Å². The molecule has 0 bridgehead atoms. The van der Waals surface area contributed by atoms with E-state index in [0.717, 1.165) is 6.42 Å². The summed E-state index contributed by atoms with van der Waals surface area (Å²) in [4.78, 5) is 11.1. The molecule has 1 aromatic carbocycles. The van der Waals surface area contributed by atoms with Crippen molar-refractivity contribution in [3.05, 3.63) is 47.4 Å². The molecule has 0 fully saturated rings. The summed E-state index contributed by atoms with van der Waals surface area (Å²) in [5.74, 6) is -0.271. The minimum atomic E-state index is -0.271. The number of thiophene rings is 1. The number of ether oxygens (including phenoxy) is 1. The van der Waals surface area contributed by atoms with Crippen LogP contribution in [0.4, 0.5) is 0 Å². The second-order valence-electron chi connectivity index (χ2n) is 3.62. The number of fused-ring (bicyclic) bond motifs is 1. The number of rotatable bonds is 4. The van der Waals surface area contributed by atoms with E-state index in [1.807, 2.05) is 18.2 Å². The Morgan fingerprint density at radius 1 is 1.41 bits per heavy atom. The Morgan fingerprint density at radius 3 is 3.06 bits per heavy atom. The maximum absolute atomic E-state index is 11.1. The highest BCUT2D eigenvalue weighted by Gasteiger charge is 2.01. The van der Waals surface area contributed by atoms with Crippen LogP contribution in [0.1, 0.15) is 12.5 Å². The maximum Gasteiger partial charge on any atom is 0.330 e. The molecule has 0 amide bonds. The van der Waals surface area contributed by atoms with Crippen LogP contribution in [-0.4, -0.2) is 12.6 Å². The third-order valence-corrected chi connectivity index (χ3v) is 3.45. The fourth-order valence-electron chi connectivity index (χ4n) is 1.66. The second-order valence-corrected chi connectivity index (χ2v) is 4.53. The highest BCUT2D eigenvalue weighted by molar-refractivity contribution is 7.17. The first-order valence-corrected chi connectivity index (χ1v) is 6.47. The summed E-state index contributed by atoms with van der Waals surface area (Å²) in [6.07, 6.45) is 4.12. The molecule has 88 valence electrons. The first kappa shape index (κ1) is 11.9. The molecule has 17 heavy (non-hydrogen) atoms. The van der Waals surface area contributed by atoms with Crippen LogP contribution >= 0.6 is 11.3 Å². The van der Waals surface area contributed by atoms with Gasteiger partial charge in [0, 0.05) is 10.8 Å². The van der Waals surface area contributed by atoms with Gasteiger partial charge in [-0.05, 0) is 35.7 Å². The fourth-order valence-corrected chi connectivity index (χ4v) is 2.64. The number of esters is 1. The molecule has 0 unspecified atom stereocenters. The smallest absolute Gasteiger partial charge is 0.330 e. The minimum Gasteiger partial charge on any atom is -0.463 e. The second kappa shape index (κ2) is 5.64. The summed E-state index contributed by atoms with van der Waals surface area (Å²) in [6, 6.07) is 8.29. The van der Waals surface area contributed by atoms with Gasteiger partial charge in [0.2, 0.25) is 0 Å². The number of hydrogen-bond acceptors (Lipinski definition) is 3. The molecule has 0 radical (unpaired) electrons. The van der Waals surface area contributed by atoms with Crippen molar-refractivity contribution >= 4 is 27.4 Å². The largest absolute Gasteiger partial charge is 0.463 e. The average molecular weight is 246 g/mol. The predicted octanol–water partition coefficient (Wildman–Crippen LogP) is 3.56. The summed E-state index contributed by atoms with van der Waals surface area (Å²) in [5, 5.41) is 3.41. The Kier molecular flexibility index (Phi) is 3.94. The van der Waals surface area contributed by atoms with Crippen molar-refractivity contribution in [3.8, 4) is 0 Å². The van der Waals surface area contributed by atoms with Crippen LogP contribution in [0.3, 0.4) is 0 Å². The van der Waals surface area contributed by atoms with E-state index in [9.17, 15) is 4.79 Å². The Balaban J connectivity index is 2.06. The van der Waals surface area contributed by atoms with Crippen molar-refractivity contribution in [3.63, 3.8) is 0 Å². The predicted molar refractivity (Wildman–Crippen MR) is 71.3 cm³/mol. The molecular formula is C14H14O2S.